The number of nitrogens with one attached hydrogen (secondary N) is 1. The quantitative estimate of drug-likeness (QED) is 0.782. The molecule has 0 aliphatic heterocycles. The van der Waals surface area contributed by atoms with Gasteiger partial charge in [-0.1, -0.05) is 6.07 Å². The van der Waals surface area contributed by atoms with Gasteiger partial charge in [-0.15, -0.1) is 0 Å². The van der Waals surface area contributed by atoms with E-state index in [0.29, 0.717) is 12.2 Å². The Morgan fingerprint density at radius 2 is 2.00 bits per heavy atom. The van der Waals surface area contributed by atoms with Gasteiger partial charge in [-0.25, -0.2) is 4.39 Å². The van der Waals surface area contributed by atoms with Crippen LogP contribution in [0.5, 0.6) is 0 Å². The van der Waals surface area contributed by atoms with Crippen LogP contribution in [0, 0.1) is 5.82 Å². The van der Waals surface area contributed by atoms with Crippen LogP contribution in [0.25, 0.3) is 0 Å². The molecule has 0 fully saturated rings. The average molecular weight is 254 g/mol. The van der Waals surface area contributed by atoms with Gasteiger partial charge in [0.15, 0.2) is 0 Å². The van der Waals surface area contributed by atoms with Gasteiger partial charge in [0.25, 0.3) is 0 Å². The summed E-state index contributed by atoms with van der Waals surface area (Å²) in [4.78, 5) is 1.99. The van der Waals surface area contributed by atoms with Crippen LogP contribution < -0.4 is 10.2 Å². The maximum Gasteiger partial charge on any atom is 0.146 e. The first-order valence-corrected chi connectivity index (χ1v) is 6.49. The first-order valence-electron chi connectivity index (χ1n) is 6.49. The van der Waals surface area contributed by atoms with E-state index in [-0.39, 0.29) is 18.5 Å². The SMILES string of the molecule is CCN(CC)c1ccc(CN[C@H](C)CO)cc1F. The number of anilines is 1. The van der Waals surface area contributed by atoms with E-state index in [2.05, 4.69) is 5.32 Å². The Morgan fingerprint density at radius 1 is 1.33 bits per heavy atom. The van der Waals surface area contributed by atoms with Crippen molar-refractivity contribution in [3.8, 4) is 0 Å². The lowest BCUT2D eigenvalue weighted by Gasteiger charge is -2.22. The van der Waals surface area contributed by atoms with E-state index < -0.39 is 0 Å². The van der Waals surface area contributed by atoms with E-state index in [1.165, 1.54) is 0 Å². The molecule has 0 aliphatic rings. The van der Waals surface area contributed by atoms with Crippen molar-refractivity contribution in [1.29, 1.82) is 0 Å². The second kappa shape index (κ2) is 7.34. The van der Waals surface area contributed by atoms with Gasteiger partial charge in [0.1, 0.15) is 5.82 Å². The highest BCUT2D eigenvalue weighted by Crippen LogP contribution is 2.20. The number of rotatable bonds is 7. The summed E-state index contributed by atoms with van der Waals surface area (Å²) in [5, 5.41) is 12.0. The lowest BCUT2D eigenvalue weighted by atomic mass is 10.1. The van der Waals surface area contributed by atoms with Gasteiger partial charge in [0, 0.05) is 25.7 Å². The van der Waals surface area contributed by atoms with E-state index in [1.807, 2.05) is 37.8 Å². The summed E-state index contributed by atoms with van der Waals surface area (Å²) in [6.07, 6.45) is 0. The molecule has 0 aromatic heterocycles. The highest BCUT2D eigenvalue weighted by molar-refractivity contribution is 5.49. The molecule has 4 heteroatoms. The highest BCUT2D eigenvalue weighted by atomic mass is 19.1. The van der Waals surface area contributed by atoms with E-state index in [0.717, 1.165) is 18.7 Å². The van der Waals surface area contributed by atoms with E-state index in [1.54, 1.807) is 6.07 Å². The molecule has 1 aromatic rings. The number of aliphatic hydroxyl groups excluding tert-OH is 1. The normalized spacial score (nSPS) is 12.5. The standard InChI is InChI=1S/C14H23FN2O/c1-4-17(5-2)14-7-6-12(8-13(14)15)9-16-11(3)10-18/h6-8,11,16,18H,4-5,9-10H2,1-3H3/t11-/m1/s1. The number of hydrogen-bond donors (Lipinski definition) is 2. The Morgan fingerprint density at radius 3 is 2.50 bits per heavy atom. The van der Waals surface area contributed by atoms with Gasteiger partial charge in [-0.2, -0.15) is 0 Å². The number of nitrogens with zero attached hydrogens (tertiary/aromatic N) is 1. The molecule has 0 heterocycles. The predicted octanol–water partition coefficient (Wildman–Crippen LogP) is 2.14. The summed E-state index contributed by atoms with van der Waals surface area (Å²) in [6.45, 7) is 8.17. The first-order chi connectivity index (χ1) is 8.62. The Labute approximate surface area is 109 Å². The largest absolute Gasteiger partial charge is 0.395 e. The van der Waals surface area contributed by atoms with Crippen LogP contribution in [0.2, 0.25) is 0 Å². The van der Waals surface area contributed by atoms with Gasteiger partial charge >= 0.3 is 0 Å². The summed E-state index contributed by atoms with van der Waals surface area (Å²) in [7, 11) is 0. The molecule has 1 atom stereocenters. The third-order valence-corrected chi connectivity index (χ3v) is 3.04. The summed E-state index contributed by atoms with van der Waals surface area (Å²) in [6, 6.07) is 5.33. The summed E-state index contributed by atoms with van der Waals surface area (Å²) < 4.78 is 14.0. The molecule has 18 heavy (non-hydrogen) atoms. The highest BCUT2D eigenvalue weighted by Gasteiger charge is 2.09. The second-order valence-electron chi connectivity index (χ2n) is 4.42. The molecule has 0 bridgehead atoms. The third kappa shape index (κ3) is 3.96. The fraction of sp³-hybridized carbons (Fsp3) is 0.571. The molecule has 0 saturated carbocycles. The zero-order valence-electron chi connectivity index (χ0n) is 11.4. The molecule has 0 aliphatic carbocycles. The Balaban J connectivity index is 2.73. The van der Waals surface area contributed by atoms with Crippen LogP contribution >= 0.6 is 0 Å². The molecule has 0 spiro atoms. The molecule has 2 N–H and O–H groups in total. The Kier molecular flexibility index (Phi) is 6.09. The van der Waals surface area contributed by atoms with Crippen LogP contribution in [0.1, 0.15) is 26.3 Å². The molecule has 102 valence electrons. The summed E-state index contributed by atoms with van der Waals surface area (Å²) in [5.74, 6) is -0.186. The molecule has 0 amide bonds. The number of hydrogen-bond acceptors (Lipinski definition) is 3. The van der Waals surface area contributed by atoms with Crippen molar-refractivity contribution in [2.45, 2.75) is 33.4 Å². The minimum atomic E-state index is -0.186. The number of aliphatic hydroxyl groups is 1. The van der Waals surface area contributed by atoms with Crippen molar-refractivity contribution >= 4 is 5.69 Å². The fourth-order valence-electron chi connectivity index (χ4n) is 1.84. The molecular formula is C14H23FN2O. The van der Waals surface area contributed by atoms with Gasteiger partial charge in [-0.3, -0.25) is 0 Å². The van der Waals surface area contributed by atoms with Gasteiger partial charge < -0.3 is 15.3 Å². The lowest BCUT2D eigenvalue weighted by Crippen LogP contribution is -2.28. The van der Waals surface area contributed by atoms with Crippen LogP contribution in [-0.4, -0.2) is 30.8 Å². The van der Waals surface area contributed by atoms with Crippen LogP contribution in [0.4, 0.5) is 10.1 Å². The summed E-state index contributed by atoms with van der Waals surface area (Å²) in [5.41, 5.74) is 1.54. The van der Waals surface area contributed by atoms with Crippen molar-refractivity contribution < 1.29 is 9.50 Å². The minimum Gasteiger partial charge on any atom is -0.395 e. The van der Waals surface area contributed by atoms with E-state index in [4.69, 9.17) is 5.11 Å². The third-order valence-electron chi connectivity index (χ3n) is 3.04. The van der Waals surface area contributed by atoms with Crippen LogP contribution in [0.3, 0.4) is 0 Å². The van der Waals surface area contributed by atoms with Gasteiger partial charge in [0.2, 0.25) is 0 Å². The van der Waals surface area contributed by atoms with E-state index in [9.17, 15) is 4.39 Å². The molecule has 1 aromatic carbocycles. The van der Waals surface area contributed by atoms with Crippen molar-refractivity contribution in [3.05, 3.63) is 29.6 Å². The van der Waals surface area contributed by atoms with Gasteiger partial charge in [-0.05, 0) is 38.5 Å². The number of benzene rings is 1. The second-order valence-corrected chi connectivity index (χ2v) is 4.42. The monoisotopic (exact) mass is 254 g/mol. The topological polar surface area (TPSA) is 35.5 Å². The Hall–Kier alpha value is -1.13. The molecule has 0 saturated heterocycles. The molecule has 0 radical (unpaired) electrons. The molecule has 3 nitrogen and oxygen atoms in total. The van der Waals surface area contributed by atoms with Crippen molar-refractivity contribution in [3.63, 3.8) is 0 Å². The molecule has 0 unspecified atom stereocenters. The predicted molar refractivity (Wildman–Crippen MR) is 73.3 cm³/mol. The van der Waals surface area contributed by atoms with Crippen molar-refractivity contribution in [2.75, 3.05) is 24.6 Å². The maximum absolute atomic E-state index is 14.0. The lowest BCUT2D eigenvalue weighted by molar-refractivity contribution is 0.251. The number of halogens is 1. The minimum absolute atomic E-state index is 0.0236. The first kappa shape index (κ1) is 14.9. The molecular weight excluding hydrogens is 231 g/mol. The van der Waals surface area contributed by atoms with E-state index >= 15 is 0 Å². The van der Waals surface area contributed by atoms with Gasteiger partial charge in [0.05, 0.1) is 12.3 Å². The zero-order chi connectivity index (χ0) is 13.5. The maximum atomic E-state index is 14.0. The molecule has 1 rings (SSSR count). The van der Waals surface area contributed by atoms with Crippen LogP contribution in [0.15, 0.2) is 18.2 Å². The smallest absolute Gasteiger partial charge is 0.146 e. The average Bonchev–Trinajstić information content (AvgIpc) is 2.39. The van der Waals surface area contributed by atoms with Crippen LogP contribution in [-0.2, 0) is 6.54 Å². The Bertz CT molecular complexity index is 367. The summed E-state index contributed by atoms with van der Waals surface area (Å²) >= 11 is 0. The fourth-order valence-corrected chi connectivity index (χ4v) is 1.84. The zero-order valence-corrected chi connectivity index (χ0v) is 11.4. The van der Waals surface area contributed by atoms with Crippen molar-refractivity contribution in [2.24, 2.45) is 0 Å². The van der Waals surface area contributed by atoms with Crippen molar-refractivity contribution in [1.82, 2.24) is 5.32 Å².